The highest BCUT2D eigenvalue weighted by atomic mass is 33.1. The van der Waals surface area contributed by atoms with Gasteiger partial charge in [-0.1, -0.05) is 312 Å². The van der Waals surface area contributed by atoms with Crippen molar-refractivity contribution in [1.29, 1.82) is 0 Å². The summed E-state index contributed by atoms with van der Waals surface area (Å²) in [5.74, 6) is 1.09. The summed E-state index contributed by atoms with van der Waals surface area (Å²) in [6.07, 6.45) is 8.01. The van der Waals surface area contributed by atoms with Crippen LogP contribution >= 0.6 is 68.6 Å². The Kier molecular flexibility index (Phi) is 25.1. The first-order chi connectivity index (χ1) is 59.2. The highest BCUT2D eigenvalue weighted by molar-refractivity contribution is 8.76. The Morgan fingerprint density at radius 1 is 0.225 bits per heavy atom. The maximum absolute atomic E-state index is 12.0. The number of nitrogens with zero attached hydrogens (tertiary/aromatic N) is 2. The number of thioether (sulfide) groups is 2. The molecule has 120 heavy (non-hydrogen) atoms. The molecule has 0 spiro atoms. The van der Waals surface area contributed by atoms with Crippen LogP contribution < -0.4 is 0 Å². The molecule has 2 aromatic heterocycles. The number of hydrogen-bond acceptors (Lipinski definition) is 8. The minimum atomic E-state index is -0.606. The lowest BCUT2D eigenvalue weighted by Crippen LogP contribution is -2.18. The molecule has 0 aliphatic rings. The molecule has 2 unspecified atom stereocenters. The molecule has 582 valence electrons. The Morgan fingerprint density at radius 2 is 0.417 bits per heavy atom. The van der Waals surface area contributed by atoms with E-state index in [0.29, 0.717) is 24.6 Å². The molecule has 18 rings (SSSR count). The van der Waals surface area contributed by atoms with Crippen LogP contribution in [0.3, 0.4) is 0 Å². The summed E-state index contributed by atoms with van der Waals surface area (Å²) in [6, 6.07) is 147. The highest BCUT2D eigenvalue weighted by Gasteiger charge is 2.21. The molecule has 18 aromatic rings. The van der Waals surface area contributed by atoms with E-state index in [0.717, 1.165) is 142 Å². The van der Waals surface area contributed by atoms with Crippen LogP contribution in [0.25, 0.3) is 90.2 Å². The van der Waals surface area contributed by atoms with Crippen molar-refractivity contribution in [2.75, 3.05) is 11.5 Å². The minimum absolute atomic E-state index is 0.450. The lowest BCUT2D eigenvalue weighted by molar-refractivity contribution is 0.181. The molecule has 2 atom stereocenters. The Bertz CT molecular complexity index is 5790. The van der Waals surface area contributed by atoms with Gasteiger partial charge in [0.05, 0.1) is 12.2 Å². The zero-order valence-corrected chi connectivity index (χ0v) is 70.7. The summed E-state index contributed by atoms with van der Waals surface area (Å²) in [5.41, 5.74) is 22.8. The number of rotatable bonds is 29. The summed E-state index contributed by atoms with van der Waals surface area (Å²) in [6.45, 7) is 0.901. The molecule has 4 nitrogen and oxygen atoms in total. The molecular weight excluding hydrogens is 1570 g/mol. The van der Waals surface area contributed by atoms with Gasteiger partial charge in [0.15, 0.2) is 0 Å². The number of aliphatic hydroxyl groups is 2. The van der Waals surface area contributed by atoms with Crippen LogP contribution in [0.2, 0.25) is 0 Å². The van der Waals surface area contributed by atoms with Crippen LogP contribution in [0.1, 0.15) is 66.8 Å². The first kappa shape index (κ1) is 79.2. The quantitative estimate of drug-likeness (QED) is 0.0273. The van der Waals surface area contributed by atoms with Crippen molar-refractivity contribution in [3.8, 4) is 0 Å². The van der Waals surface area contributed by atoms with E-state index in [1.807, 2.05) is 0 Å². The monoisotopic (exact) mass is 1660 g/mol. The zero-order chi connectivity index (χ0) is 80.8. The van der Waals surface area contributed by atoms with Gasteiger partial charge in [-0.15, -0.1) is 23.5 Å². The summed E-state index contributed by atoms with van der Waals surface area (Å²) in [5, 5.41) is 28.6. The van der Waals surface area contributed by atoms with Crippen LogP contribution in [-0.2, 0) is 13.1 Å². The van der Waals surface area contributed by atoms with Crippen LogP contribution in [0.5, 0.6) is 0 Å². The second-order valence-corrected chi connectivity index (χ2v) is 36.4. The number of benzene rings is 16. The second kappa shape index (κ2) is 38.0. The molecule has 16 aromatic carbocycles. The zero-order valence-electron chi connectivity index (χ0n) is 65.8. The SMILES string of the molecule is OC(CSc1ccc(Sc2ccc(SSc3ccc(Sc4ccc(SCC(O)Cn5c6ccc(C=C(c7ccccc7)c7ccccc7)cc6c6cc(C=C(c7ccccc7)c7ccccc7)ccc65)cc4)cc3)cc2)cc1)Cn1c2ccc(C=C(c3ccccc3)c3ccccc3)cc2c2cc(C=C(c3ccccc3)c3ccccc3)ccc21. The maximum Gasteiger partial charge on any atom is 0.0813 e. The van der Waals surface area contributed by atoms with E-state index < -0.39 is 12.2 Å². The maximum atomic E-state index is 12.0. The third kappa shape index (κ3) is 19.2. The fraction of sp³-hybridized carbons (Fsp3) is 0.0545. The van der Waals surface area contributed by atoms with Crippen LogP contribution in [0.4, 0.5) is 0 Å². The fourth-order valence-electron chi connectivity index (χ4n) is 15.6. The lowest BCUT2D eigenvalue weighted by Gasteiger charge is -2.14. The largest absolute Gasteiger partial charge is 0.390 e. The van der Waals surface area contributed by atoms with Crippen molar-refractivity contribution in [2.45, 2.75) is 64.5 Å². The normalized spacial score (nSPS) is 11.8. The van der Waals surface area contributed by atoms with E-state index in [9.17, 15) is 10.2 Å². The molecule has 0 saturated carbocycles. The van der Waals surface area contributed by atoms with E-state index in [1.165, 1.54) is 29.4 Å². The first-order valence-electron chi connectivity index (χ1n) is 40.4. The molecule has 0 fully saturated rings. The number of aromatic nitrogens is 2. The Balaban J connectivity index is 0.490. The summed E-state index contributed by atoms with van der Waals surface area (Å²) in [7, 11) is 3.54. The lowest BCUT2D eigenvalue weighted by atomic mass is 9.94. The van der Waals surface area contributed by atoms with Crippen LogP contribution in [0.15, 0.2) is 452 Å². The van der Waals surface area contributed by atoms with E-state index in [4.69, 9.17) is 0 Å². The summed E-state index contributed by atoms with van der Waals surface area (Å²) in [4.78, 5) is 9.33. The molecule has 0 radical (unpaired) electrons. The average Bonchev–Trinajstić information content (AvgIpc) is 1.61. The van der Waals surface area contributed by atoms with Gasteiger partial charge in [0.1, 0.15) is 0 Å². The number of fused-ring (bicyclic) bond motifs is 6. The predicted molar refractivity (Wildman–Crippen MR) is 518 cm³/mol. The minimum Gasteiger partial charge on any atom is -0.390 e. The topological polar surface area (TPSA) is 50.3 Å². The van der Waals surface area contributed by atoms with Crippen LogP contribution in [-0.4, -0.2) is 43.1 Å². The number of aliphatic hydroxyl groups excluding tert-OH is 2. The molecule has 10 heteroatoms. The van der Waals surface area contributed by atoms with Gasteiger partial charge in [0.25, 0.3) is 0 Å². The Morgan fingerprint density at radius 3 is 0.625 bits per heavy atom. The van der Waals surface area contributed by atoms with Gasteiger partial charge in [-0.05, 0) is 259 Å². The van der Waals surface area contributed by atoms with Gasteiger partial charge in [-0.3, -0.25) is 0 Å². The number of hydrogen-bond donors (Lipinski definition) is 2. The predicted octanol–water partition coefficient (Wildman–Crippen LogP) is 29.7. The van der Waals surface area contributed by atoms with Crippen molar-refractivity contribution in [1.82, 2.24) is 9.13 Å². The molecular formula is C110H84N2O2S6. The van der Waals surface area contributed by atoms with E-state index in [2.05, 4.69) is 446 Å². The van der Waals surface area contributed by atoms with Gasteiger partial charge in [0.2, 0.25) is 0 Å². The average molecular weight is 1660 g/mol. The van der Waals surface area contributed by atoms with Gasteiger partial charge < -0.3 is 19.3 Å². The first-order valence-corrected chi connectivity index (χ1v) is 46.1. The third-order valence-electron chi connectivity index (χ3n) is 21.4. The third-order valence-corrected chi connectivity index (χ3v) is 28.2. The van der Waals surface area contributed by atoms with Crippen molar-refractivity contribution in [2.24, 2.45) is 0 Å². The van der Waals surface area contributed by atoms with Crippen molar-refractivity contribution >= 4 is 159 Å². The molecule has 2 heterocycles. The van der Waals surface area contributed by atoms with Crippen LogP contribution in [0, 0.1) is 0 Å². The molecule has 0 saturated heterocycles. The molecule has 0 amide bonds. The van der Waals surface area contributed by atoms with E-state index >= 15 is 0 Å². The van der Waals surface area contributed by atoms with E-state index in [-0.39, 0.29) is 0 Å². The summed E-state index contributed by atoms with van der Waals surface area (Å²) < 4.78 is 4.63. The second-order valence-electron chi connectivity index (χ2n) is 29.7. The highest BCUT2D eigenvalue weighted by Crippen LogP contribution is 2.43. The Labute approximate surface area is 727 Å². The van der Waals surface area contributed by atoms with Crippen molar-refractivity contribution in [3.05, 3.63) is 479 Å². The smallest absolute Gasteiger partial charge is 0.0813 e. The molecule has 2 N–H and O–H groups in total. The van der Waals surface area contributed by atoms with Gasteiger partial charge in [-0.2, -0.15) is 0 Å². The van der Waals surface area contributed by atoms with Gasteiger partial charge in [0, 0.05) is 107 Å². The fourth-order valence-corrected chi connectivity index (χ4v) is 20.8. The van der Waals surface area contributed by atoms with Gasteiger partial charge in [-0.25, -0.2) is 0 Å². The molecule has 0 bridgehead atoms. The van der Waals surface area contributed by atoms with Crippen molar-refractivity contribution < 1.29 is 10.2 Å². The summed E-state index contributed by atoms with van der Waals surface area (Å²) >= 11 is 6.90. The van der Waals surface area contributed by atoms with Gasteiger partial charge >= 0.3 is 0 Å². The standard InChI is InChI=1S/C110H84N2O2S6/c113-89(73-111-107-61-41-77(65-99(81-25-9-1-10-26-81)82-27-11-2-12-28-82)69-103(107)104-70-78(42-62-108(104)111)66-100(83-29-13-3-14-30-83)84-31-15-4-16-32-84)75-115-91-45-49-93(50-46-91)117-95-53-57-97(58-54-95)119-120-98-59-55-96(56-60-98)118-94-51-47-92(48-52-94)116-76-90(114)74-112-109-63-43-79(67-101(85-33-17-5-18-34-85)86-35-19-6-20-36-86)71-105(109)106-72-80(44-64-110(106)112)68-102(87-37-21-7-22-38-87)88-39-23-8-24-40-88/h1-72,89-90,113-114H,73-76H2. The van der Waals surface area contributed by atoms with E-state index in [1.54, 1.807) is 68.6 Å². The molecule has 0 aliphatic heterocycles. The molecule has 0 aliphatic carbocycles. The van der Waals surface area contributed by atoms with Crippen molar-refractivity contribution in [3.63, 3.8) is 0 Å². The Hall–Kier alpha value is -11.9.